The molecule has 3 aromatic carbocycles. The van der Waals surface area contributed by atoms with Gasteiger partial charge in [-0.05, 0) is 60.5 Å². The summed E-state index contributed by atoms with van der Waals surface area (Å²) in [7, 11) is 0. The maximum atomic E-state index is 13.3. The molecule has 158 valence electrons. The van der Waals surface area contributed by atoms with Gasteiger partial charge in [0, 0.05) is 28.2 Å². The summed E-state index contributed by atoms with van der Waals surface area (Å²) in [6, 6.07) is 21.7. The first-order valence-electron chi connectivity index (χ1n) is 10.1. The average Bonchev–Trinajstić information content (AvgIpc) is 3.03. The molecule has 0 radical (unpaired) electrons. The minimum absolute atomic E-state index is 0.0687. The lowest BCUT2D eigenvalue weighted by Crippen LogP contribution is -2.37. The van der Waals surface area contributed by atoms with Crippen molar-refractivity contribution in [1.82, 2.24) is 0 Å². The van der Waals surface area contributed by atoms with Gasteiger partial charge in [0.05, 0.1) is 6.42 Å². The smallest absolute Gasteiger partial charge is 0.304 e. The quantitative estimate of drug-likeness (QED) is 0.553. The number of carbonyl (C=O) groups excluding carboxylic acids is 1. The van der Waals surface area contributed by atoms with Crippen LogP contribution in [0.4, 0.5) is 5.69 Å². The second-order valence-corrected chi connectivity index (χ2v) is 8.06. The van der Waals surface area contributed by atoms with Crippen LogP contribution in [0, 0.1) is 0 Å². The number of nitrogens with zero attached hydrogens (tertiary/aromatic N) is 1. The Morgan fingerprint density at radius 3 is 2.42 bits per heavy atom. The molecule has 1 heterocycles. The van der Waals surface area contributed by atoms with E-state index in [0.717, 1.165) is 11.1 Å². The first kappa shape index (κ1) is 20.9. The van der Waals surface area contributed by atoms with Crippen molar-refractivity contribution < 1.29 is 19.4 Å². The summed E-state index contributed by atoms with van der Waals surface area (Å²) in [5.74, 6) is -0.773. The van der Waals surface area contributed by atoms with Crippen molar-refractivity contribution in [2.24, 2.45) is 0 Å². The lowest BCUT2D eigenvalue weighted by Gasteiger charge is -2.25. The molecule has 0 bridgehead atoms. The molecule has 31 heavy (non-hydrogen) atoms. The van der Waals surface area contributed by atoms with Gasteiger partial charge in [-0.3, -0.25) is 9.59 Å². The van der Waals surface area contributed by atoms with E-state index < -0.39 is 5.97 Å². The first-order chi connectivity index (χ1) is 14.9. The molecule has 5 nitrogen and oxygen atoms in total. The Hall–Kier alpha value is -3.31. The maximum absolute atomic E-state index is 13.3. The number of halogens is 1. The van der Waals surface area contributed by atoms with Gasteiger partial charge in [0.2, 0.25) is 0 Å². The van der Waals surface area contributed by atoms with Crippen molar-refractivity contribution in [3.63, 3.8) is 0 Å². The Morgan fingerprint density at radius 1 is 1.03 bits per heavy atom. The van der Waals surface area contributed by atoms with Gasteiger partial charge >= 0.3 is 5.97 Å². The van der Waals surface area contributed by atoms with E-state index in [1.807, 2.05) is 55.5 Å². The van der Waals surface area contributed by atoms with Crippen LogP contribution in [0.2, 0.25) is 5.02 Å². The van der Waals surface area contributed by atoms with Crippen LogP contribution in [0.5, 0.6) is 5.75 Å². The van der Waals surface area contributed by atoms with Crippen molar-refractivity contribution in [3.8, 4) is 5.75 Å². The molecule has 1 aliphatic rings. The topological polar surface area (TPSA) is 66.8 Å². The van der Waals surface area contributed by atoms with E-state index in [9.17, 15) is 14.7 Å². The molecular weight excluding hydrogens is 414 g/mol. The molecule has 0 saturated heterocycles. The number of anilines is 1. The number of carbonyl (C=O) groups is 2. The largest absolute Gasteiger partial charge is 0.489 e. The summed E-state index contributed by atoms with van der Waals surface area (Å²) >= 11 is 5.95. The Balaban J connectivity index is 1.65. The van der Waals surface area contributed by atoms with Gasteiger partial charge in [0.25, 0.3) is 5.91 Å². The third-order valence-electron chi connectivity index (χ3n) is 5.60. The zero-order valence-electron chi connectivity index (χ0n) is 17.0. The highest BCUT2D eigenvalue weighted by molar-refractivity contribution is 6.30. The van der Waals surface area contributed by atoms with Crippen LogP contribution in [0.3, 0.4) is 0 Å². The molecule has 4 rings (SSSR count). The van der Waals surface area contributed by atoms with Gasteiger partial charge < -0.3 is 14.7 Å². The van der Waals surface area contributed by atoms with Crippen molar-refractivity contribution in [1.29, 1.82) is 0 Å². The Kier molecular flexibility index (Phi) is 5.96. The Morgan fingerprint density at radius 2 is 1.74 bits per heavy atom. The van der Waals surface area contributed by atoms with Gasteiger partial charge in [-0.25, -0.2) is 0 Å². The monoisotopic (exact) mass is 435 g/mol. The van der Waals surface area contributed by atoms with Gasteiger partial charge in [0.1, 0.15) is 12.4 Å². The maximum Gasteiger partial charge on any atom is 0.304 e. The number of fused-ring (bicyclic) bond motifs is 1. The van der Waals surface area contributed by atoms with Crippen LogP contribution in [0.25, 0.3) is 0 Å². The molecule has 0 spiro atoms. The Labute approximate surface area is 185 Å². The number of carboxylic acids is 1. The highest BCUT2D eigenvalue weighted by Gasteiger charge is 2.40. The second kappa shape index (κ2) is 8.82. The molecule has 1 amide bonds. The van der Waals surface area contributed by atoms with E-state index in [-0.39, 0.29) is 24.3 Å². The summed E-state index contributed by atoms with van der Waals surface area (Å²) < 4.78 is 5.93. The standard InChI is InChI=1S/C25H22ClNO4/c1-16-21(14-24(28)29)22-13-20(31-15-17-5-3-2-4-6-17)11-12-23(22)27(16)25(30)18-7-9-19(26)10-8-18/h2-13,16,21H,14-15H2,1H3,(H,28,29). The number of benzene rings is 3. The molecule has 0 aromatic heterocycles. The summed E-state index contributed by atoms with van der Waals surface area (Å²) in [6.45, 7) is 2.29. The molecule has 3 aromatic rings. The Bertz CT molecular complexity index is 1100. The summed E-state index contributed by atoms with van der Waals surface area (Å²) in [5.41, 5.74) is 3.06. The minimum atomic E-state index is -0.904. The van der Waals surface area contributed by atoms with Gasteiger partial charge in [-0.1, -0.05) is 41.9 Å². The summed E-state index contributed by atoms with van der Waals surface area (Å²) in [6.07, 6.45) is -0.0687. The van der Waals surface area contributed by atoms with Crippen LogP contribution < -0.4 is 9.64 Å². The summed E-state index contributed by atoms with van der Waals surface area (Å²) in [4.78, 5) is 26.5. The molecule has 1 aliphatic heterocycles. The van der Waals surface area contributed by atoms with Crippen molar-refractivity contribution in [2.75, 3.05) is 4.90 Å². The fraction of sp³-hybridized carbons (Fsp3) is 0.200. The van der Waals surface area contributed by atoms with Crippen molar-refractivity contribution >= 4 is 29.2 Å². The van der Waals surface area contributed by atoms with Gasteiger partial charge in [0.15, 0.2) is 0 Å². The number of hydrogen-bond acceptors (Lipinski definition) is 3. The molecule has 0 saturated carbocycles. The van der Waals surface area contributed by atoms with Crippen LogP contribution >= 0.6 is 11.6 Å². The number of aliphatic carboxylic acids is 1. The third-order valence-corrected chi connectivity index (χ3v) is 5.85. The SMILES string of the molecule is CC1C(CC(=O)O)c2cc(OCc3ccccc3)ccc2N1C(=O)c1ccc(Cl)cc1. The van der Waals surface area contributed by atoms with Crippen LogP contribution in [-0.4, -0.2) is 23.0 Å². The van der Waals surface area contributed by atoms with Crippen molar-refractivity contribution in [2.45, 2.75) is 31.9 Å². The number of ether oxygens (including phenoxy) is 1. The molecular formula is C25H22ClNO4. The van der Waals surface area contributed by atoms with Crippen molar-refractivity contribution in [3.05, 3.63) is 94.5 Å². The van der Waals surface area contributed by atoms with E-state index in [2.05, 4.69) is 0 Å². The fourth-order valence-corrected chi connectivity index (χ4v) is 4.16. The third kappa shape index (κ3) is 4.42. The van der Waals surface area contributed by atoms with E-state index in [0.29, 0.717) is 28.6 Å². The molecule has 0 aliphatic carbocycles. The van der Waals surface area contributed by atoms with Crippen LogP contribution in [0.1, 0.15) is 40.7 Å². The van der Waals surface area contributed by atoms with E-state index >= 15 is 0 Å². The minimum Gasteiger partial charge on any atom is -0.489 e. The molecule has 6 heteroatoms. The molecule has 2 unspecified atom stereocenters. The molecule has 2 atom stereocenters. The predicted molar refractivity (Wildman–Crippen MR) is 120 cm³/mol. The zero-order chi connectivity index (χ0) is 22.0. The number of carboxylic acid groups (broad SMARTS) is 1. The predicted octanol–water partition coefficient (Wildman–Crippen LogP) is 5.53. The average molecular weight is 436 g/mol. The van der Waals surface area contributed by atoms with E-state index in [1.165, 1.54) is 0 Å². The van der Waals surface area contributed by atoms with Gasteiger partial charge in [-0.2, -0.15) is 0 Å². The number of rotatable bonds is 6. The molecule has 1 N–H and O–H groups in total. The zero-order valence-corrected chi connectivity index (χ0v) is 17.8. The normalized spacial score (nSPS) is 17.3. The molecule has 0 fully saturated rings. The fourth-order valence-electron chi connectivity index (χ4n) is 4.03. The lowest BCUT2D eigenvalue weighted by atomic mass is 9.92. The number of amides is 1. The van der Waals surface area contributed by atoms with Gasteiger partial charge in [-0.15, -0.1) is 0 Å². The highest BCUT2D eigenvalue weighted by atomic mass is 35.5. The number of hydrogen-bond donors (Lipinski definition) is 1. The summed E-state index contributed by atoms with van der Waals surface area (Å²) in [5, 5.41) is 10.0. The van der Waals surface area contributed by atoms with E-state index in [1.54, 1.807) is 29.2 Å². The highest BCUT2D eigenvalue weighted by Crippen LogP contribution is 2.45. The van der Waals surface area contributed by atoms with Crippen LogP contribution in [0.15, 0.2) is 72.8 Å². The first-order valence-corrected chi connectivity index (χ1v) is 10.4. The van der Waals surface area contributed by atoms with Crippen LogP contribution in [-0.2, 0) is 11.4 Å². The lowest BCUT2D eigenvalue weighted by molar-refractivity contribution is -0.137. The second-order valence-electron chi connectivity index (χ2n) is 7.62. The van der Waals surface area contributed by atoms with E-state index in [4.69, 9.17) is 16.3 Å².